The number of nitrogens with zero attached hydrogens (tertiary/aromatic N) is 4. The number of hydrogen-bond donors (Lipinski definition) is 0. The van der Waals surface area contributed by atoms with Crippen molar-refractivity contribution >= 4 is 40.3 Å². The number of hydrogen-bond acceptors (Lipinski definition) is 6. The Hall–Kier alpha value is -3.51. The predicted octanol–water partition coefficient (Wildman–Crippen LogP) is 6.27. The van der Waals surface area contributed by atoms with E-state index in [2.05, 4.69) is 29.2 Å². The molecular formula is C28H29ClN4O2. The molecule has 3 aromatic rings. The molecule has 2 heterocycles. The molecule has 6 nitrogen and oxygen atoms in total. The van der Waals surface area contributed by atoms with E-state index in [0.717, 1.165) is 35.8 Å². The number of hydrazone groups is 1. The van der Waals surface area contributed by atoms with Gasteiger partial charge in [0.2, 0.25) is 0 Å². The summed E-state index contributed by atoms with van der Waals surface area (Å²) >= 11 is 6.16. The Kier molecular flexibility index (Phi) is 6.64. The quantitative estimate of drug-likeness (QED) is 0.409. The van der Waals surface area contributed by atoms with E-state index in [9.17, 15) is 4.79 Å². The van der Waals surface area contributed by atoms with Crippen molar-refractivity contribution < 1.29 is 9.53 Å². The number of methoxy groups -OCH3 is 1. The first-order valence-electron chi connectivity index (χ1n) is 12.0. The van der Waals surface area contributed by atoms with Gasteiger partial charge in [0.15, 0.2) is 17.8 Å². The number of para-hydroxylation sites is 1. The number of Topliss-reactive ketones (excluding diaryl/α,β-unsaturated/α-hetero) is 1. The molecule has 7 heteroatoms. The van der Waals surface area contributed by atoms with E-state index < -0.39 is 6.17 Å². The number of carbonyl (C=O) groups is 1. The first-order valence-corrected chi connectivity index (χ1v) is 12.4. The highest BCUT2D eigenvalue weighted by molar-refractivity contribution is 6.44. The summed E-state index contributed by atoms with van der Waals surface area (Å²) in [5.41, 5.74) is 3.84. The molecule has 0 amide bonds. The Labute approximate surface area is 211 Å². The molecule has 180 valence electrons. The molecule has 35 heavy (non-hydrogen) atoms. The highest BCUT2D eigenvalue weighted by atomic mass is 35.5. The van der Waals surface area contributed by atoms with E-state index in [1.807, 2.05) is 58.4 Å². The number of ether oxygens (including phenoxy) is 1. The van der Waals surface area contributed by atoms with Crippen molar-refractivity contribution in [3.8, 4) is 5.75 Å². The van der Waals surface area contributed by atoms with Crippen LogP contribution in [0.5, 0.6) is 5.75 Å². The Bertz CT molecular complexity index is 1220. The average Bonchev–Trinajstić information content (AvgIpc) is 3.30. The molecular weight excluding hydrogens is 460 g/mol. The van der Waals surface area contributed by atoms with Crippen LogP contribution in [0.1, 0.15) is 37.9 Å². The average molecular weight is 489 g/mol. The van der Waals surface area contributed by atoms with Crippen molar-refractivity contribution in [2.75, 3.05) is 35.0 Å². The van der Waals surface area contributed by atoms with Crippen LogP contribution in [0.25, 0.3) is 0 Å². The summed E-state index contributed by atoms with van der Waals surface area (Å²) in [5.74, 6) is 0.995. The fraction of sp³-hybridized carbons (Fsp3) is 0.286. The molecule has 1 saturated heterocycles. The number of ketones is 1. The molecule has 0 aromatic heterocycles. The van der Waals surface area contributed by atoms with E-state index in [1.165, 1.54) is 24.9 Å². The Morgan fingerprint density at radius 3 is 2.17 bits per heavy atom. The number of piperidine rings is 1. The summed E-state index contributed by atoms with van der Waals surface area (Å²) in [7, 11) is 1.66. The molecule has 0 radical (unpaired) electrons. The number of carbonyl (C=O) groups excluding carboxylic acids is 1. The monoisotopic (exact) mass is 488 g/mol. The number of halogens is 1. The second kappa shape index (κ2) is 10.0. The fourth-order valence-electron chi connectivity index (χ4n) is 4.85. The molecule has 1 atom stereocenters. The second-order valence-corrected chi connectivity index (χ2v) is 9.29. The first-order chi connectivity index (χ1) is 17.1. The first kappa shape index (κ1) is 23.2. The van der Waals surface area contributed by atoms with E-state index in [1.54, 1.807) is 14.0 Å². The van der Waals surface area contributed by atoms with Gasteiger partial charge in [0, 0.05) is 42.0 Å². The van der Waals surface area contributed by atoms with Crippen molar-refractivity contribution in [2.45, 2.75) is 32.4 Å². The molecule has 0 N–H and O–H groups in total. The lowest BCUT2D eigenvalue weighted by molar-refractivity contribution is -0.111. The third-order valence-corrected chi connectivity index (χ3v) is 6.83. The van der Waals surface area contributed by atoms with Gasteiger partial charge < -0.3 is 9.64 Å². The van der Waals surface area contributed by atoms with Gasteiger partial charge in [-0.15, -0.1) is 5.10 Å². The van der Waals surface area contributed by atoms with Crippen molar-refractivity contribution in [3.63, 3.8) is 0 Å². The molecule has 2 aliphatic heterocycles. The van der Waals surface area contributed by atoms with E-state index in [-0.39, 0.29) is 5.78 Å². The lowest BCUT2D eigenvalue weighted by Gasteiger charge is -2.33. The van der Waals surface area contributed by atoms with Gasteiger partial charge in [0.05, 0.1) is 12.8 Å². The van der Waals surface area contributed by atoms with Gasteiger partial charge >= 0.3 is 0 Å². The van der Waals surface area contributed by atoms with Gasteiger partial charge in [-0.3, -0.25) is 9.69 Å². The normalized spacial score (nSPS) is 18.0. The predicted molar refractivity (Wildman–Crippen MR) is 143 cm³/mol. The van der Waals surface area contributed by atoms with Gasteiger partial charge in [-0.1, -0.05) is 29.8 Å². The summed E-state index contributed by atoms with van der Waals surface area (Å²) in [6.45, 7) is 3.72. The summed E-state index contributed by atoms with van der Waals surface area (Å²) in [6, 6.07) is 23.8. The van der Waals surface area contributed by atoms with Crippen LogP contribution < -0.4 is 19.5 Å². The van der Waals surface area contributed by atoms with Crippen LogP contribution in [0.3, 0.4) is 0 Å². The largest absolute Gasteiger partial charge is 0.496 e. The standard InChI is InChI=1S/C28H29ClN4O2/c1-20(34)27-30-33(24-12-10-21(29)11-13-24)28(25-8-4-5-9-26(25)35-2)32(27)23-16-14-22(15-17-23)31-18-6-3-7-19-31/h4-5,8-17,28H,3,6-7,18-19H2,1-2H3/t28-/m1/s1. The molecule has 0 aliphatic carbocycles. The highest BCUT2D eigenvalue weighted by Gasteiger charge is 2.40. The Balaban J connectivity index is 1.60. The lowest BCUT2D eigenvalue weighted by Crippen LogP contribution is -2.38. The van der Waals surface area contributed by atoms with Crippen LogP contribution >= 0.6 is 11.6 Å². The van der Waals surface area contributed by atoms with Crippen molar-refractivity contribution in [3.05, 3.63) is 83.4 Å². The van der Waals surface area contributed by atoms with Crippen LogP contribution in [0.4, 0.5) is 17.1 Å². The van der Waals surface area contributed by atoms with Crippen LogP contribution in [0.2, 0.25) is 5.02 Å². The van der Waals surface area contributed by atoms with Crippen molar-refractivity contribution in [1.29, 1.82) is 0 Å². The van der Waals surface area contributed by atoms with E-state index in [4.69, 9.17) is 21.4 Å². The maximum absolute atomic E-state index is 12.8. The number of rotatable bonds is 6. The van der Waals surface area contributed by atoms with E-state index >= 15 is 0 Å². The summed E-state index contributed by atoms with van der Waals surface area (Å²) in [6.07, 6.45) is 3.33. The molecule has 2 aliphatic rings. The zero-order valence-corrected chi connectivity index (χ0v) is 20.8. The smallest absolute Gasteiger partial charge is 0.198 e. The van der Waals surface area contributed by atoms with Gasteiger partial charge in [0.25, 0.3) is 0 Å². The summed E-state index contributed by atoms with van der Waals surface area (Å²) in [4.78, 5) is 17.3. The molecule has 0 bridgehead atoms. The zero-order chi connectivity index (χ0) is 24.4. The van der Waals surface area contributed by atoms with E-state index in [0.29, 0.717) is 10.9 Å². The highest BCUT2D eigenvalue weighted by Crippen LogP contribution is 2.42. The minimum atomic E-state index is -0.410. The number of amidine groups is 1. The van der Waals surface area contributed by atoms with Gasteiger partial charge in [-0.05, 0) is 73.9 Å². The van der Waals surface area contributed by atoms with Crippen LogP contribution in [-0.2, 0) is 4.79 Å². The SMILES string of the molecule is COc1ccccc1[C@H]1N(c2ccc(Cl)cc2)N=C(C(C)=O)N1c1ccc(N2CCCCC2)cc1. The third kappa shape index (κ3) is 4.58. The zero-order valence-electron chi connectivity index (χ0n) is 20.0. The van der Waals surface area contributed by atoms with Gasteiger partial charge in [0.1, 0.15) is 5.75 Å². The minimum absolute atomic E-state index is 0.110. The second-order valence-electron chi connectivity index (χ2n) is 8.85. The maximum atomic E-state index is 12.8. The number of anilines is 3. The topological polar surface area (TPSA) is 48.4 Å². The maximum Gasteiger partial charge on any atom is 0.198 e. The molecule has 0 unspecified atom stereocenters. The molecule has 0 spiro atoms. The van der Waals surface area contributed by atoms with Gasteiger partial charge in [-0.2, -0.15) is 0 Å². The van der Waals surface area contributed by atoms with Crippen LogP contribution in [-0.4, -0.2) is 31.8 Å². The summed E-state index contributed by atoms with van der Waals surface area (Å²) in [5, 5.41) is 7.31. The number of benzene rings is 3. The Morgan fingerprint density at radius 1 is 0.886 bits per heavy atom. The molecule has 5 rings (SSSR count). The summed E-state index contributed by atoms with van der Waals surface area (Å²) < 4.78 is 5.72. The fourth-order valence-corrected chi connectivity index (χ4v) is 4.98. The lowest BCUT2D eigenvalue weighted by atomic mass is 10.1. The van der Waals surface area contributed by atoms with Crippen LogP contribution in [0, 0.1) is 0 Å². The van der Waals surface area contributed by atoms with Crippen LogP contribution in [0.15, 0.2) is 77.9 Å². The molecule has 1 fully saturated rings. The third-order valence-electron chi connectivity index (χ3n) is 6.58. The van der Waals surface area contributed by atoms with Crippen molar-refractivity contribution in [1.82, 2.24) is 0 Å². The minimum Gasteiger partial charge on any atom is -0.496 e. The molecule has 3 aromatic carbocycles. The van der Waals surface area contributed by atoms with Gasteiger partial charge in [-0.25, -0.2) is 5.01 Å². The Morgan fingerprint density at radius 2 is 1.51 bits per heavy atom. The van der Waals surface area contributed by atoms with Crippen molar-refractivity contribution in [2.24, 2.45) is 5.10 Å². The molecule has 0 saturated carbocycles.